The molecular formula is C28H35F4N3O5S. The van der Waals surface area contributed by atoms with Gasteiger partial charge in [-0.25, -0.2) is 17.6 Å². The molecule has 5 rings (SSSR count). The van der Waals surface area contributed by atoms with E-state index in [1.165, 1.54) is 15.9 Å². The van der Waals surface area contributed by atoms with E-state index in [0.29, 0.717) is 37.0 Å². The molecule has 226 valence electrons. The summed E-state index contributed by atoms with van der Waals surface area (Å²) in [6.45, 7) is 5.45. The summed E-state index contributed by atoms with van der Waals surface area (Å²) < 4.78 is 80.1. The van der Waals surface area contributed by atoms with Gasteiger partial charge in [0.05, 0.1) is 16.7 Å². The van der Waals surface area contributed by atoms with Crippen LogP contribution in [0.3, 0.4) is 0 Å². The van der Waals surface area contributed by atoms with E-state index in [0.717, 1.165) is 45.6 Å². The van der Waals surface area contributed by atoms with Crippen molar-refractivity contribution in [3.05, 3.63) is 59.9 Å². The number of carboxylic acid groups (broad SMARTS) is 1. The van der Waals surface area contributed by atoms with Gasteiger partial charge in [-0.2, -0.15) is 17.5 Å². The van der Waals surface area contributed by atoms with Crippen LogP contribution in [0.15, 0.2) is 53.4 Å². The second-order valence-corrected chi connectivity index (χ2v) is 12.7. The molecule has 0 bridgehead atoms. The summed E-state index contributed by atoms with van der Waals surface area (Å²) in [6.07, 6.45) is -2.75. The zero-order valence-electron chi connectivity index (χ0n) is 22.8. The van der Waals surface area contributed by atoms with E-state index in [-0.39, 0.29) is 11.0 Å². The molecule has 2 aromatic rings. The van der Waals surface area contributed by atoms with E-state index in [9.17, 15) is 21.6 Å². The van der Waals surface area contributed by atoms with Gasteiger partial charge < -0.3 is 14.7 Å². The van der Waals surface area contributed by atoms with Gasteiger partial charge in [0.1, 0.15) is 5.82 Å². The van der Waals surface area contributed by atoms with Gasteiger partial charge >= 0.3 is 12.1 Å². The maximum absolute atomic E-state index is 15.2. The molecule has 3 atom stereocenters. The first kappa shape index (κ1) is 31.2. The lowest BCUT2D eigenvalue weighted by atomic mass is 10.0. The highest BCUT2D eigenvalue weighted by Gasteiger charge is 2.41. The first-order chi connectivity index (χ1) is 19.4. The SMILES string of the molecule is COC1CCCN(S(=O)(=O)c2ccc(N3C[C@H]4CN(Cc5ccccc5)C[C@H]4C3)c(F)c2)CC1.O=C(O)C(F)(F)F. The third kappa shape index (κ3) is 7.76. The van der Waals surface area contributed by atoms with Crippen molar-refractivity contribution in [2.75, 3.05) is 51.3 Å². The summed E-state index contributed by atoms with van der Waals surface area (Å²) in [4.78, 5) is 13.5. The molecule has 8 nitrogen and oxygen atoms in total. The quantitative estimate of drug-likeness (QED) is 0.496. The average molecular weight is 602 g/mol. The standard InChI is InChI=1S/C26H34FN3O3S.C2HF3O2/c1-33-23-8-5-12-30(13-11-23)34(31,32)24-9-10-26(25(27)14-24)29-18-21-16-28(17-22(21)19-29)15-20-6-3-2-4-7-20;3-2(4,5)1(6)7/h2-4,6-7,9-10,14,21-23H,5,8,11-13,15-19H2,1H3;(H,6,7)/t21-,22+,23?;. The van der Waals surface area contributed by atoms with Gasteiger partial charge in [0.15, 0.2) is 0 Å². The van der Waals surface area contributed by atoms with Gasteiger partial charge in [0.25, 0.3) is 0 Å². The molecular weight excluding hydrogens is 566 g/mol. The second kappa shape index (κ2) is 13.1. The number of hydrogen-bond donors (Lipinski definition) is 1. The highest BCUT2D eigenvalue weighted by Crippen LogP contribution is 2.36. The molecule has 1 N–H and O–H groups in total. The van der Waals surface area contributed by atoms with Crippen molar-refractivity contribution in [2.45, 2.75) is 43.0 Å². The van der Waals surface area contributed by atoms with Crippen LogP contribution >= 0.6 is 0 Å². The van der Waals surface area contributed by atoms with Crippen LogP contribution in [-0.4, -0.2) is 87.4 Å². The number of benzene rings is 2. The minimum Gasteiger partial charge on any atom is -0.475 e. The summed E-state index contributed by atoms with van der Waals surface area (Å²) >= 11 is 0. The Labute approximate surface area is 237 Å². The lowest BCUT2D eigenvalue weighted by Crippen LogP contribution is -2.32. The van der Waals surface area contributed by atoms with Crippen LogP contribution in [0, 0.1) is 17.7 Å². The van der Waals surface area contributed by atoms with Crippen molar-refractivity contribution in [1.29, 1.82) is 0 Å². The molecule has 0 radical (unpaired) electrons. The predicted molar refractivity (Wildman–Crippen MR) is 144 cm³/mol. The van der Waals surface area contributed by atoms with Crippen LogP contribution in [-0.2, 0) is 26.1 Å². The first-order valence-corrected chi connectivity index (χ1v) is 15.0. The number of alkyl halides is 3. The maximum atomic E-state index is 15.2. The Bertz CT molecular complexity index is 1280. The molecule has 41 heavy (non-hydrogen) atoms. The number of methoxy groups -OCH3 is 1. The van der Waals surface area contributed by atoms with Crippen molar-refractivity contribution in [3.8, 4) is 0 Å². The number of halogens is 4. The minimum absolute atomic E-state index is 0.0399. The number of carbonyl (C=O) groups is 1. The summed E-state index contributed by atoms with van der Waals surface area (Å²) in [5.74, 6) is -2.19. The van der Waals surface area contributed by atoms with Crippen molar-refractivity contribution in [2.24, 2.45) is 11.8 Å². The zero-order valence-corrected chi connectivity index (χ0v) is 23.6. The van der Waals surface area contributed by atoms with Crippen LogP contribution in [0.4, 0.5) is 23.2 Å². The van der Waals surface area contributed by atoms with Crippen LogP contribution < -0.4 is 4.90 Å². The third-order valence-corrected chi connectivity index (χ3v) is 9.81. The Hall–Kier alpha value is -2.74. The number of rotatable bonds is 6. The smallest absolute Gasteiger partial charge is 0.475 e. The summed E-state index contributed by atoms with van der Waals surface area (Å²) in [6, 6.07) is 14.9. The number of anilines is 1. The molecule has 2 aromatic carbocycles. The Morgan fingerprint density at radius 1 is 1.00 bits per heavy atom. The van der Waals surface area contributed by atoms with E-state index < -0.39 is 28.0 Å². The Morgan fingerprint density at radius 2 is 1.63 bits per heavy atom. The lowest BCUT2D eigenvalue weighted by Gasteiger charge is -2.24. The number of carboxylic acids is 1. The van der Waals surface area contributed by atoms with Gasteiger partial charge in [0, 0.05) is 52.9 Å². The van der Waals surface area contributed by atoms with Crippen LogP contribution in [0.1, 0.15) is 24.8 Å². The fourth-order valence-corrected chi connectivity index (χ4v) is 7.33. The van der Waals surface area contributed by atoms with E-state index in [4.69, 9.17) is 14.6 Å². The van der Waals surface area contributed by atoms with Crippen LogP contribution in [0.25, 0.3) is 0 Å². The molecule has 0 amide bonds. The number of nitrogens with zero attached hydrogens (tertiary/aromatic N) is 3. The van der Waals surface area contributed by atoms with Crippen molar-refractivity contribution in [3.63, 3.8) is 0 Å². The number of aliphatic carboxylic acids is 1. The second-order valence-electron chi connectivity index (χ2n) is 10.7. The number of sulfonamides is 1. The highest BCUT2D eigenvalue weighted by molar-refractivity contribution is 7.89. The van der Waals surface area contributed by atoms with E-state index in [2.05, 4.69) is 34.1 Å². The highest BCUT2D eigenvalue weighted by atomic mass is 32.2. The summed E-state index contributed by atoms with van der Waals surface area (Å²) in [5.41, 5.74) is 1.84. The number of hydrogen-bond acceptors (Lipinski definition) is 6. The van der Waals surface area contributed by atoms with Gasteiger partial charge in [-0.15, -0.1) is 0 Å². The number of fused-ring (bicyclic) bond motifs is 1. The van der Waals surface area contributed by atoms with E-state index >= 15 is 4.39 Å². The van der Waals surface area contributed by atoms with Gasteiger partial charge in [-0.05, 0) is 54.9 Å². The van der Waals surface area contributed by atoms with Crippen molar-refractivity contribution < 1.29 is 40.6 Å². The largest absolute Gasteiger partial charge is 0.490 e. The maximum Gasteiger partial charge on any atom is 0.490 e. The third-order valence-electron chi connectivity index (χ3n) is 7.92. The Balaban J connectivity index is 0.000000493. The molecule has 0 aromatic heterocycles. The molecule has 0 saturated carbocycles. The minimum atomic E-state index is -5.08. The number of likely N-dealkylation sites (tertiary alicyclic amines) is 1. The van der Waals surface area contributed by atoms with Crippen LogP contribution in [0.5, 0.6) is 0 Å². The van der Waals surface area contributed by atoms with Gasteiger partial charge in [0.2, 0.25) is 10.0 Å². The molecule has 3 aliphatic rings. The fourth-order valence-electron chi connectivity index (χ4n) is 5.83. The van der Waals surface area contributed by atoms with Gasteiger partial charge in [-0.3, -0.25) is 4.90 Å². The summed E-state index contributed by atoms with van der Waals surface area (Å²) in [5, 5.41) is 7.12. The van der Waals surface area contributed by atoms with Crippen molar-refractivity contribution in [1.82, 2.24) is 9.21 Å². The van der Waals surface area contributed by atoms with E-state index in [1.54, 1.807) is 19.2 Å². The average Bonchev–Trinajstić information content (AvgIpc) is 3.37. The van der Waals surface area contributed by atoms with E-state index in [1.807, 2.05) is 6.07 Å². The molecule has 0 aliphatic carbocycles. The monoisotopic (exact) mass is 601 g/mol. The van der Waals surface area contributed by atoms with Crippen molar-refractivity contribution >= 4 is 21.7 Å². The normalized spacial score (nSPS) is 23.9. The molecule has 0 spiro atoms. The summed E-state index contributed by atoms with van der Waals surface area (Å²) in [7, 11) is -2.06. The zero-order chi connectivity index (χ0) is 29.8. The van der Waals surface area contributed by atoms with Crippen LogP contribution in [0.2, 0.25) is 0 Å². The topological polar surface area (TPSA) is 90.4 Å². The Kier molecular flexibility index (Phi) is 9.93. The Morgan fingerprint density at radius 3 is 2.20 bits per heavy atom. The molecule has 13 heteroatoms. The first-order valence-electron chi connectivity index (χ1n) is 13.5. The molecule has 3 aliphatic heterocycles. The lowest BCUT2D eigenvalue weighted by molar-refractivity contribution is -0.192. The molecule has 3 fully saturated rings. The van der Waals surface area contributed by atoms with Gasteiger partial charge in [-0.1, -0.05) is 30.3 Å². The molecule has 1 unspecified atom stereocenters. The molecule has 3 heterocycles. The molecule has 3 saturated heterocycles. The number of ether oxygens (including phenoxy) is 1. The fraction of sp³-hybridized carbons (Fsp3) is 0.536. The predicted octanol–water partition coefficient (Wildman–Crippen LogP) is 4.22.